The second-order valence-electron chi connectivity index (χ2n) is 3.88. The molecule has 86 valence electrons. The number of rotatable bonds is 2. The van der Waals surface area contributed by atoms with E-state index in [1.54, 1.807) is 30.8 Å². The quantitative estimate of drug-likeness (QED) is 0.853. The van der Waals surface area contributed by atoms with Gasteiger partial charge in [0.1, 0.15) is 5.82 Å². The number of aliphatic imine (C=N–C) groups is 1. The minimum absolute atomic E-state index is 0.169. The first kappa shape index (κ1) is 11.5. The molecule has 1 aromatic carbocycles. The number of benzene rings is 1. The Morgan fingerprint density at radius 1 is 1.56 bits per heavy atom. The highest BCUT2D eigenvalue weighted by molar-refractivity contribution is 8.15. The van der Waals surface area contributed by atoms with Gasteiger partial charge in [0, 0.05) is 10.9 Å². The zero-order valence-electron chi connectivity index (χ0n) is 9.46. The molecule has 0 spiro atoms. The van der Waals surface area contributed by atoms with Crippen LogP contribution in [0.4, 0.5) is 10.1 Å². The van der Waals surface area contributed by atoms with Crippen LogP contribution in [-0.4, -0.2) is 17.0 Å². The van der Waals surface area contributed by atoms with Crippen LogP contribution in [0.1, 0.15) is 18.9 Å². The van der Waals surface area contributed by atoms with Gasteiger partial charge in [0.05, 0.1) is 6.54 Å². The molecule has 1 aliphatic rings. The van der Waals surface area contributed by atoms with Gasteiger partial charge in [-0.05, 0) is 37.1 Å². The average Bonchev–Trinajstić information content (AvgIpc) is 2.71. The summed E-state index contributed by atoms with van der Waals surface area (Å²) in [6.07, 6.45) is 1.13. The summed E-state index contributed by atoms with van der Waals surface area (Å²) >= 11 is 1.76. The Balaban J connectivity index is 2.02. The summed E-state index contributed by atoms with van der Waals surface area (Å²) in [6, 6.07) is 5.03. The van der Waals surface area contributed by atoms with Gasteiger partial charge in [0.25, 0.3) is 0 Å². The number of amidine groups is 1. The minimum atomic E-state index is -0.169. The molecule has 0 amide bonds. The van der Waals surface area contributed by atoms with Crippen molar-refractivity contribution >= 4 is 22.6 Å². The van der Waals surface area contributed by atoms with Crippen LogP contribution in [0.5, 0.6) is 0 Å². The molecular formula is C12H15FN2S. The maximum Gasteiger partial charge on any atom is 0.161 e. The van der Waals surface area contributed by atoms with Gasteiger partial charge in [-0.1, -0.05) is 18.7 Å². The first-order valence-electron chi connectivity index (χ1n) is 5.43. The van der Waals surface area contributed by atoms with Gasteiger partial charge < -0.3 is 5.32 Å². The molecule has 1 heterocycles. The standard InChI is InChI=1S/C12H15FN2S/c1-3-10-7-14-12(16-10)15-9-4-5-11(13)8(2)6-9/h4-6,10H,3,7H2,1-2H3,(H,14,15). The van der Waals surface area contributed by atoms with Gasteiger partial charge in [-0.3, -0.25) is 4.99 Å². The number of nitrogens with one attached hydrogen (secondary N) is 1. The van der Waals surface area contributed by atoms with Crippen LogP contribution in [-0.2, 0) is 0 Å². The largest absolute Gasteiger partial charge is 0.335 e. The third kappa shape index (κ3) is 2.55. The Hall–Kier alpha value is -1.03. The van der Waals surface area contributed by atoms with Crippen LogP contribution >= 0.6 is 11.8 Å². The molecule has 0 fully saturated rings. The van der Waals surface area contributed by atoms with Crippen molar-refractivity contribution in [3.8, 4) is 0 Å². The van der Waals surface area contributed by atoms with E-state index in [1.807, 2.05) is 0 Å². The maximum absolute atomic E-state index is 13.1. The SMILES string of the molecule is CCC1CN=C(Nc2ccc(F)c(C)c2)S1. The normalized spacial score (nSPS) is 19.7. The van der Waals surface area contributed by atoms with Crippen molar-refractivity contribution in [3.63, 3.8) is 0 Å². The highest BCUT2D eigenvalue weighted by Crippen LogP contribution is 2.25. The first-order valence-corrected chi connectivity index (χ1v) is 6.31. The third-order valence-electron chi connectivity index (χ3n) is 2.58. The average molecular weight is 238 g/mol. The van der Waals surface area contributed by atoms with Crippen LogP contribution in [0.25, 0.3) is 0 Å². The fraction of sp³-hybridized carbons (Fsp3) is 0.417. The molecule has 2 nitrogen and oxygen atoms in total. The van der Waals surface area contributed by atoms with Crippen LogP contribution in [0, 0.1) is 12.7 Å². The Bertz CT molecular complexity index is 417. The molecule has 0 aromatic heterocycles. The van der Waals surface area contributed by atoms with Gasteiger partial charge in [0.2, 0.25) is 0 Å². The maximum atomic E-state index is 13.1. The van der Waals surface area contributed by atoms with Gasteiger partial charge in [-0.25, -0.2) is 4.39 Å². The Labute approximate surface area is 99.3 Å². The molecule has 0 saturated heterocycles. The summed E-state index contributed by atoms with van der Waals surface area (Å²) in [5.74, 6) is -0.169. The number of halogens is 1. The van der Waals surface area contributed by atoms with Gasteiger partial charge >= 0.3 is 0 Å². The van der Waals surface area contributed by atoms with Crippen molar-refractivity contribution < 1.29 is 4.39 Å². The lowest BCUT2D eigenvalue weighted by molar-refractivity contribution is 0.619. The predicted molar refractivity (Wildman–Crippen MR) is 68.7 cm³/mol. The Morgan fingerprint density at radius 3 is 3.00 bits per heavy atom. The number of nitrogens with zero attached hydrogens (tertiary/aromatic N) is 1. The fourth-order valence-electron chi connectivity index (χ4n) is 1.54. The summed E-state index contributed by atoms with van der Waals surface area (Å²) < 4.78 is 13.1. The van der Waals surface area contributed by atoms with Crippen molar-refractivity contribution in [2.45, 2.75) is 25.5 Å². The molecule has 1 aromatic rings. The minimum Gasteiger partial charge on any atom is -0.335 e. The molecule has 1 unspecified atom stereocenters. The molecule has 1 N–H and O–H groups in total. The molecule has 0 saturated carbocycles. The smallest absolute Gasteiger partial charge is 0.161 e. The van der Waals surface area contributed by atoms with Gasteiger partial charge in [-0.15, -0.1) is 0 Å². The molecule has 16 heavy (non-hydrogen) atoms. The van der Waals surface area contributed by atoms with Crippen LogP contribution in [0.3, 0.4) is 0 Å². The molecule has 0 radical (unpaired) electrons. The molecule has 0 bridgehead atoms. The highest BCUT2D eigenvalue weighted by Gasteiger charge is 2.17. The zero-order valence-corrected chi connectivity index (χ0v) is 10.3. The Kier molecular flexibility index (Phi) is 3.49. The molecular weight excluding hydrogens is 223 g/mol. The number of hydrogen-bond donors (Lipinski definition) is 1. The number of thioether (sulfide) groups is 1. The predicted octanol–water partition coefficient (Wildman–Crippen LogP) is 3.43. The molecule has 2 rings (SSSR count). The Morgan fingerprint density at radius 2 is 2.38 bits per heavy atom. The lowest BCUT2D eigenvalue weighted by Crippen LogP contribution is -2.07. The number of anilines is 1. The van der Waals surface area contributed by atoms with Crippen LogP contribution < -0.4 is 5.32 Å². The topological polar surface area (TPSA) is 24.4 Å². The summed E-state index contributed by atoms with van der Waals surface area (Å²) in [6.45, 7) is 4.81. The van der Waals surface area contributed by atoms with Crippen molar-refractivity contribution in [2.75, 3.05) is 11.9 Å². The summed E-state index contributed by atoms with van der Waals surface area (Å²) in [5, 5.41) is 4.75. The number of aryl methyl sites for hydroxylation is 1. The van der Waals surface area contributed by atoms with E-state index < -0.39 is 0 Å². The second kappa shape index (κ2) is 4.87. The highest BCUT2D eigenvalue weighted by atomic mass is 32.2. The van der Waals surface area contributed by atoms with E-state index in [2.05, 4.69) is 17.2 Å². The van der Waals surface area contributed by atoms with E-state index in [-0.39, 0.29) is 5.82 Å². The van der Waals surface area contributed by atoms with E-state index in [9.17, 15) is 4.39 Å². The summed E-state index contributed by atoms with van der Waals surface area (Å²) in [7, 11) is 0. The monoisotopic (exact) mass is 238 g/mol. The van der Waals surface area contributed by atoms with Crippen LogP contribution in [0.15, 0.2) is 23.2 Å². The van der Waals surface area contributed by atoms with E-state index in [0.717, 1.165) is 23.8 Å². The molecule has 1 aliphatic heterocycles. The molecule has 4 heteroatoms. The lowest BCUT2D eigenvalue weighted by Gasteiger charge is -2.08. The van der Waals surface area contributed by atoms with Crippen LogP contribution in [0.2, 0.25) is 0 Å². The van der Waals surface area contributed by atoms with E-state index in [4.69, 9.17) is 0 Å². The van der Waals surface area contributed by atoms with Crippen molar-refractivity contribution in [2.24, 2.45) is 4.99 Å². The fourth-order valence-corrected chi connectivity index (χ4v) is 2.50. The van der Waals surface area contributed by atoms with Gasteiger partial charge in [0.15, 0.2) is 5.17 Å². The second-order valence-corrected chi connectivity index (χ2v) is 5.17. The van der Waals surface area contributed by atoms with Gasteiger partial charge in [-0.2, -0.15) is 0 Å². The molecule has 1 atom stereocenters. The van der Waals surface area contributed by atoms with Crippen molar-refractivity contribution in [1.82, 2.24) is 0 Å². The van der Waals surface area contributed by atoms with E-state index >= 15 is 0 Å². The first-order chi connectivity index (χ1) is 7.69. The third-order valence-corrected chi connectivity index (χ3v) is 3.85. The zero-order chi connectivity index (χ0) is 11.5. The van der Waals surface area contributed by atoms with E-state index in [1.165, 1.54) is 6.07 Å². The number of hydrogen-bond acceptors (Lipinski definition) is 3. The van der Waals surface area contributed by atoms with E-state index in [0.29, 0.717) is 10.8 Å². The lowest BCUT2D eigenvalue weighted by atomic mass is 10.2. The molecule has 0 aliphatic carbocycles. The van der Waals surface area contributed by atoms with Crippen molar-refractivity contribution in [3.05, 3.63) is 29.6 Å². The summed E-state index contributed by atoms with van der Waals surface area (Å²) in [4.78, 5) is 4.41. The summed E-state index contributed by atoms with van der Waals surface area (Å²) in [5.41, 5.74) is 1.56. The van der Waals surface area contributed by atoms with Crippen molar-refractivity contribution in [1.29, 1.82) is 0 Å².